The number of benzene rings is 3. The minimum Gasteiger partial charge on any atom is -0.497 e. The first-order valence-corrected chi connectivity index (χ1v) is 10.2. The lowest BCUT2D eigenvalue weighted by atomic mass is 10.1. The standard InChI is InChI=1S/C25H20N4O6/c1-34-22-10-8-19(9-11-22)27-24(30)16-35-23-7-2-4-17(13-23)12-18(15-26)25(31)28-20-5-3-6-21(14-20)29(32)33/h2-14H,16H2,1H3,(H,27,30)(H,28,31)/b18-12-. The van der Waals surface area contributed by atoms with Gasteiger partial charge in [-0.2, -0.15) is 5.26 Å². The molecule has 0 spiro atoms. The van der Waals surface area contributed by atoms with Gasteiger partial charge in [0, 0.05) is 23.5 Å². The van der Waals surface area contributed by atoms with Gasteiger partial charge in [0.2, 0.25) is 0 Å². The molecule has 2 amide bonds. The molecule has 3 rings (SSSR count). The van der Waals surface area contributed by atoms with Crippen LogP contribution in [0.4, 0.5) is 17.1 Å². The zero-order chi connectivity index (χ0) is 25.2. The summed E-state index contributed by atoms with van der Waals surface area (Å²) < 4.78 is 10.6. The van der Waals surface area contributed by atoms with Gasteiger partial charge in [-0.25, -0.2) is 0 Å². The monoisotopic (exact) mass is 472 g/mol. The Morgan fingerprint density at radius 2 is 1.74 bits per heavy atom. The van der Waals surface area contributed by atoms with E-state index in [4.69, 9.17) is 9.47 Å². The van der Waals surface area contributed by atoms with Crippen LogP contribution in [-0.2, 0) is 9.59 Å². The average Bonchev–Trinajstić information content (AvgIpc) is 2.87. The molecule has 0 aliphatic carbocycles. The Morgan fingerprint density at radius 3 is 2.43 bits per heavy atom. The van der Waals surface area contributed by atoms with Gasteiger partial charge in [-0.05, 0) is 54.1 Å². The Labute approximate surface area is 200 Å². The molecule has 0 aromatic heterocycles. The molecule has 3 aromatic carbocycles. The van der Waals surface area contributed by atoms with E-state index in [1.807, 2.05) is 6.07 Å². The van der Waals surface area contributed by atoms with Gasteiger partial charge in [0.15, 0.2) is 6.61 Å². The van der Waals surface area contributed by atoms with Gasteiger partial charge in [0.1, 0.15) is 23.1 Å². The second-order valence-corrected chi connectivity index (χ2v) is 7.07. The lowest BCUT2D eigenvalue weighted by Crippen LogP contribution is -2.20. The molecule has 0 unspecified atom stereocenters. The largest absolute Gasteiger partial charge is 0.497 e. The fourth-order valence-electron chi connectivity index (χ4n) is 2.93. The summed E-state index contributed by atoms with van der Waals surface area (Å²) in [6, 6.07) is 20.5. The number of hydrogen-bond donors (Lipinski definition) is 2. The van der Waals surface area contributed by atoms with Crippen molar-refractivity contribution in [3.63, 3.8) is 0 Å². The lowest BCUT2D eigenvalue weighted by Gasteiger charge is -2.09. The summed E-state index contributed by atoms with van der Waals surface area (Å²) in [5.41, 5.74) is 0.857. The Bertz CT molecular complexity index is 1310. The topological polar surface area (TPSA) is 144 Å². The van der Waals surface area contributed by atoms with Gasteiger partial charge in [0.05, 0.1) is 12.0 Å². The highest BCUT2D eigenvalue weighted by Gasteiger charge is 2.12. The average molecular weight is 472 g/mol. The van der Waals surface area contributed by atoms with Crippen LogP contribution in [0.25, 0.3) is 6.08 Å². The Morgan fingerprint density at radius 1 is 1.00 bits per heavy atom. The molecular weight excluding hydrogens is 452 g/mol. The predicted octanol–water partition coefficient (Wildman–Crippen LogP) is 4.17. The number of nitrogens with one attached hydrogen (secondary N) is 2. The van der Waals surface area contributed by atoms with Gasteiger partial charge in [0.25, 0.3) is 17.5 Å². The highest BCUT2D eigenvalue weighted by atomic mass is 16.6. The third kappa shape index (κ3) is 7.16. The first-order valence-electron chi connectivity index (χ1n) is 10.2. The third-order valence-electron chi connectivity index (χ3n) is 4.59. The van der Waals surface area contributed by atoms with Crippen molar-refractivity contribution in [2.45, 2.75) is 0 Å². The van der Waals surface area contributed by atoms with E-state index < -0.39 is 10.8 Å². The molecule has 3 aromatic rings. The number of ether oxygens (including phenoxy) is 2. The van der Waals surface area contributed by atoms with Crippen LogP contribution in [0, 0.1) is 21.4 Å². The molecule has 35 heavy (non-hydrogen) atoms. The van der Waals surface area contributed by atoms with Crippen molar-refractivity contribution in [1.29, 1.82) is 5.26 Å². The van der Waals surface area contributed by atoms with Crippen LogP contribution in [0.2, 0.25) is 0 Å². The summed E-state index contributed by atoms with van der Waals surface area (Å²) in [4.78, 5) is 35.0. The van der Waals surface area contributed by atoms with E-state index in [1.165, 1.54) is 30.3 Å². The number of carbonyl (C=O) groups is 2. The highest BCUT2D eigenvalue weighted by molar-refractivity contribution is 6.09. The summed E-state index contributed by atoms with van der Waals surface area (Å²) in [5, 5.41) is 25.5. The number of nitriles is 1. The van der Waals surface area contributed by atoms with Crippen LogP contribution >= 0.6 is 0 Å². The van der Waals surface area contributed by atoms with E-state index in [0.717, 1.165) is 0 Å². The Balaban J connectivity index is 1.63. The number of nitrogens with zero attached hydrogens (tertiary/aromatic N) is 2. The number of nitro groups is 1. The summed E-state index contributed by atoms with van der Waals surface area (Å²) in [7, 11) is 1.55. The van der Waals surface area contributed by atoms with E-state index in [9.17, 15) is 25.0 Å². The maximum absolute atomic E-state index is 12.5. The maximum Gasteiger partial charge on any atom is 0.271 e. The highest BCUT2D eigenvalue weighted by Crippen LogP contribution is 2.20. The molecule has 10 nitrogen and oxygen atoms in total. The minimum atomic E-state index is -0.724. The van der Waals surface area contributed by atoms with Gasteiger partial charge in [-0.1, -0.05) is 18.2 Å². The quantitative estimate of drug-likeness (QED) is 0.206. The number of methoxy groups -OCH3 is 1. The first kappa shape index (κ1) is 24.5. The van der Waals surface area contributed by atoms with Gasteiger partial charge >= 0.3 is 0 Å². The smallest absolute Gasteiger partial charge is 0.271 e. The molecule has 176 valence electrons. The fraction of sp³-hybridized carbons (Fsp3) is 0.0800. The summed E-state index contributed by atoms with van der Waals surface area (Å²) in [6.07, 6.45) is 1.34. The number of anilines is 2. The zero-order valence-corrected chi connectivity index (χ0v) is 18.6. The molecule has 0 radical (unpaired) electrons. The normalized spacial score (nSPS) is 10.6. The molecule has 2 N–H and O–H groups in total. The Kier molecular flexibility index (Phi) is 8.13. The van der Waals surface area contributed by atoms with Crippen LogP contribution in [0.15, 0.2) is 78.4 Å². The molecular formula is C25H20N4O6. The predicted molar refractivity (Wildman–Crippen MR) is 129 cm³/mol. The van der Waals surface area contributed by atoms with Crippen LogP contribution in [0.3, 0.4) is 0 Å². The van der Waals surface area contributed by atoms with Crippen molar-refractivity contribution in [2.75, 3.05) is 24.4 Å². The number of rotatable bonds is 9. The number of nitro benzene ring substituents is 1. The van der Waals surface area contributed by atoms with E-state index in [-0.39, 0.29) is 29.5 Å². The van der Waals surface area contributed by atoms with Crippen molar-refractivity contribution >= 4 is 35.0 Å². The lowest BCUT2D eigenvalue weighted by molar-refractivity contribution is -0.384. The van der Waals surface area contributed by atoms with E-state index in [2.05, 4.69) is 10.6 Å². The van der Waals surface area contributed by atoms with Gasteiger partial charge in [-0.3, -0.25) is 19.7 Å². The molecule has 0 saturated carbocycles. The zero-order valence-electron chi connectivity index (χ0n) is 18.6. The van der Waals surface area contributed by atoms with E-state index in [1.54, 1.807) is 55.6 Å². The summed E-state index contributed by atoms with van der Waals surface area (Å²) in [5.74, 6) is -0.0667. The van der Waals surface area contributed by atoms with Crippen molar-refractivity contribution < 1.29 is 24.0 Å². The second kappa shape index (κ2) is 11.6. The summed E-state index contributed by atoms with van der Waals surface area (Å²) in [6.45, 7) is -0.252. The van der Waals surface area contributed by atoms with Gasteiger partial charge in [-0.15, -0.1) is 0 Å². The molecule has 0 atom stereocenters. The van der Waals surface area contributed by atoms with Crippen molar-refractivity contribution in [2.24, 2.45) is 0 Å². The number of carbonyl (C=O) groups excluding carboxylic acids is 2. The molecule has 0 aliphatic rings. The number of hydrogen-bond acceptors (Lipinski definition) is 7. The second-order valence-electron chi connectivity index (χ2n) is 7.07. The fourth-order valence-corrected chi connectivity index (χ4v) is 2.93. The van der Waals surface area contributed by atoms with E-state index in [0.29, 0.717) is 22.7 Å². The van der Waals surface area contributed by atoms with Crippen LogP contribution in [0.1, 0.15) is 5.56 Å². The molecule has 0 fully saturated rings. The molecule has 0 bridgehead atoms. The SMILES string of the molecule is COc1ccc(NC(=O)COc2cccc(/C=C(/C#N)C(=O)Nc3cccc([N+](=O)[O-])c3)c2)cc1. The minimum absolute atomic E-state index is 0.185. The molecule has 0 aliphatic heterocycles. The van der Waals surface area contributed by atoms with E-state index >= 15 is 0 Å². The van der Waals surface area contributed by atoms with Gasteiger partial charge < -0.3 is 20.1 Å². The van der Waals surface area contributed by atoms with Crippen LogP contribution < -0.4 is 20.1 Å². The first-order chi connectivity index (χ1) is 16.9. The van der Waals surface area contributed by atoms with Crippen LogP contribution in [0.5, 0.6) is 11.5 Å². The maximum atomic E-state index is 12.5. The van der Waals surface area contributed by atoms with Crippen molar-refractivity contribution in [3.05, 3.63) is 94.0 Å². The van der Waals surface area contributed by atoms with Crippen LogP contribution in [-0.4, -0.2) is 30.5 Å². The number of amides is 2. The molecule has 10 heteroatoms. The molecule has 0 heterocycles. The Hall–Kier alpha value is -5.17. The molecule has 0 saturated heterocycles. The summed E-state index contributed by atoms with van der Waals surface area (Å²) >= 11 is 0. The van der Waals surface area contributed by atoms with Crippen molar-refractivity contribution in [1.82, 2.24) is 0 Å². The third-order valence-corrected chi connectivity index (χ3v) is 4.59. The number of non-ortho nitro benzene ring substituents is 1. The van der Waals surface area contributed by atoms with Crippen molar-refractivity contribution in [3.8, 4) is 17.6 Å².